The van der Waals surface area contributed by atoms with Crippen LogP contribution in [0, 0.1) is 0 Å². The zero-order valence-corrected chi connectivity index (χ0v) is 20.9. The quantitative estimate of drug-likeness (QED) is 0.445. The Labute approximate surface area is 205 Å². The molecule has 34 heavy (non-hydrogen) atoms. The molecule has 1 aliphatic carbocycles. The molecule has 4 rings (SSSR count). The molecule has 0 saturated heterocycles. The van der Waals surface area contributed by atoms with Gasteiger partial charge < -0.3 is 10.6 Å². The van der Waals surface area contributed by atoms with E-state index < -0.39 is 0 Å². The summed E-state index contributed by atoms with van der Waals surface area (Å²) in [6.45, 7) is 8.15. The largest absolute Gasteiger partial charge is 0.349 e. The Morgan fingerprint density at radius 3 is 2.44 bits per heavy atom. The zero-order valence-electron chi connectivity index (χ0n) is 20.2. The summed E-state index contributed by atoms with van der Waals surface area (Å²) in [6, 6.07) is 7.10. The molecule has 1 aliphatic rings. The van der Waals surface area contributed by atoms with Crippen LogP contribution in [0.5, 0.6) is 0 Å². The Morgan fingerprint density at radius 1 is 1.03 bits per heavy atom. The van der Waals surface area contributed by atoms with Crippen molar-refractivity contribution in [3.63, 3.8) is 0 Å². The van der Waals surface area contributed by atoms with Gasteiger partial charge in [0, 0.05) is 23.5 Å². The average molecular weight is 482 g/mol. The molecule has 0 aliphatic heterocycles. The maximum absolute atomic E-state index is 13.4. The second-order valence-corrected chi connectivity index (χ2v) is 10.0. The van der Waals surface area contributed by atoms with E-state index in [9.17, 15) is 9.59 Å². The number of halogens is 1. The molecule has 3 aromatic rings. The summed E-state index contributed by atoms with van der Waals surface area (Å²) in [5.41, 5.74) is 2.89. The van der Waals surface area contributed by atoms with Gasteiger partial charge in [-0.1, -0.05) is 44.7 Å². The Balaban J connectivity index is 1.61. The predicted octanol–water partition coefficient (Wildman–Crippen LogP) is 6.10. The molecule has 1 fully saturated rings. The molecule has 0 unspecified atom stereocenters. The van der Waals surface area contributed by atoms with Crippen molar-refractivity contribution >= 4 is 40.1 Å². The minimum Gasteiger partial charge on any atom is -0.349 e. The number of hydrogen-bond acceptors (Lipinski definition) is 4. The number of aromatic nitrogens is 3. The highest BCUT2D eigenvalue weighted by Gasteiger charge is 2.21. The van der Waals surface area contributed by atoms with Crippen LogP contribution in [0.3, 0.4) is 0 Å². The van der Waals surface area contributed by atoms with Crippen molar-refractivity contribution in [1.29, 1.82) is 0 Å². The number of amides is 2. The lowest BCUT2D eigenvalue weighted by atomic mass is 9.95. The summed E-state index contributed by atoms with van der Waals surface area (Å²) in [7, 11) is 0. The first-order valence-corrected chi connectivity index (χ1v) is 12.4. The number of carbonyl (C=O) groups is 2. The molecule has 2 amide bonds. The molecule has 2 aromatic heterocycles. The lowest BCUT2D eigenvalue weighted by Gasteiger charge is -2.23. The molecule has 0 radical (unpaired) electrons. The van der Waals surface area contributed by atoms with Crippen LogP contribution in [0.15, 0.2) is 30.5 Å². The van der Waals surface area contributed by atoms with Crippen LogP contribution < -0.4 is 10.6 Å². The van der Waals surface area contributed by atoms with Crippen LogP contribution in [0.4, 0.5) is 5.69 Å². The topological polar surface area (TPSA) is 88.9 Å². The number of rotatable bonds is 6. The molecule has 2 heterocycles. The number of benzene rings is 1. The first-order chi connectivity index (χ1) is 16.2. The molecule has 1 aromatic carbocycles. The van der Waals surface area contributed by atoms with Crippen molar-refractivity contribution < 1.29 is 9.59 Å². The van der Waals surface area contributed by atoms with Crippen LogP contribution in [0.2, 0.25) is 5.02 Å². The van der Waals surface area contributed by atoms with Gasteiger partial charge in [0.25, 0.3) is 11.8 Å². The average Bonchev–Trinajstić information content (AvgIpc) is 3.24. The molecular formula is C26H32ClN5O2. The van der Waals surface area contributed by atoms with Crippen molar-refractivity contribution in [3.05, 3.63) is 52.3 Å². The van der Waals surface area contributed by atoms with Gasteiger partial charge in [0.1, 0.15) is 0 Å². The molecular weight excluding hydrogens is 450 g/mol. The number of nitrogens with zero attached hydrogens (tertiary/aromatic N) is 3. The Kier molecular flexibility index (Phi) is 7.22. The molecule has 0 atom stereocenters. The minimum absolute atomic E-state index is 0.116. The summed E-state index contributed by atoms with van der Waals surface area (Å²) in [5.74, 6) is -0.338. The van der Waals surface area contributed by atoms with Crippen LogP contribution >= 0.6 is 11.6 Å². The third-order valence-electron chi connectivity index (χ3n) is 6.32. The van der Waals surface area contributed by atoms with E-state index in [0.717, 1.165) is 31.4 Å². The summed E-state index contributed by atoms with van der Waals surface area (Å²) in [6.07, 6.45) is 7.12. The fraction of sp³-hybridized carbons (Fsp3) is 0.462. The molecule has 7 nitrogen and oxygen atoms in total. The fourth-order valence-electron chi connectivity index (χ4n) is 4.38. The molecule has 0 spiro atoms. The summed E-state index contributed by atoms with van der Waals surface area (Å²) < 4.78 is 1.83. The van der Waals surface area contributed by atoms with E-state index in [2.05, 4.69) is 15.7 Å². The van der Waals surface area contributed by atoms with E-state index in [1.165, 1.54) is 6.42 Å². The van der Waals surface area contributed by atoms with Crippen LogP contribution in [0.1, 0.15) is 98.2 Å². The predicted molar refractivity (Wildman–Crippen MR) is 136 cm³/mol. The van der Waals surface area contributed by atoms with E-state index in [4.69, 9.17) is 16.6 Å². The minimum atomic E-state index is -0.279. The highest BCUT2D eigenvalue weighted by molar-refractivity contribution is 6.34. The SMILES string of the molecule is CC(C)c1cc(C(=O)Nc2ccc(Cl)c(C(=O)NC3CCCCC3)c2)c2cnn(C(C)C)c2n1. The van der Waals surface area contributed by atoms with E-state index in [-0.39, 0.29) is 29.8 Å². The zero-order chi connectivity index (χ0) is 24.4. The smallest absolute Gasteiger partial charge is 0.256 e. The molecule has 1 saturated carbocycles. The third kappa shape index (κ3) is 5.09. The maximum atomic E-state index is 13.4. The van der Waals surface area contributed by atoms with E-state index in [1.807, 2.05) is 38.4 Å². The van der Waals surface area contributed by atoms with Crippen LogP contribution in [-0.4, -0.2) is 32.6 Å². The number of fused-ring (bicyclic) bond motifs is 1. The number of hydrogen-bond donors (Lipinski definition) is 2. The normalized spacial score (nSPS) is 14.7. The van der Waals surface area contributed by atoms with Crippen molar-refractivity contribution in [3.8, 4) is 0 Å². The lowest BCUT2D eigenvalue weighted by molar-refractivity contribution is 0.0926. The van der Waals surface area contributed by atoms with Gasteiger partial charge in [-0.15, -0.1) is 0 Å². The number of nitrogens with one attached hydrogen (secondary N) is 2. The van der Waals surface area contributed by atoms with Crippen molar-refractivity contribution in [2.75, 3.05) is 5.32 Å². The van der Waals surface area contributed by atoms with Crippen molar-refractivity contribution in [2.24, 2.45) is 0 Å². The fourth-order valence-corrected chi connectivity index (χ4v) is 4.59. The third-order valence-corrected chi connectivity index (χ3v) is 6.65. The monoisotopic (exact) mass is 481 g/mol. The molecule has 2 N–H and O–H groups in total. The summed E-state index contributed by atoms with van der Waals surface area (Å²) in [5, 5.41) is 11.5. The second-order valence-electron chi connectivity index (χ2n) is 9.63. The van der Waals surface area contributed by atoms with Gasteiger partial charge in [-0.05, 0) is 56.9 Å². The van der Waals surface area contributed by atoms with E-state index in [1.54, 1.807) is 24.4 Å². The lowest BCUT2D eigenvalue weighted by Crippen LogP contribution is -2.36. The first-order valence-electron chi connectivity index (χ1n) is 12.0. The van der Waals surface area contributed by atoms with Gasteiger partial charge in [-0.2, -0.15) is 5.10 Å². The van der Waals surface area contributed by atoms with Crippen LogP contribution in [-0.2, 0) is 0 Å². The highest BCUT2D eigenvalue weighted by Crippen LogP contribution is 2.27. The van der Waals surface area contributed by atoms with Gasteiger partial charge in [0.15, 0.2) is 5.65 Å². The van der Waals surface area contributed by atoms with E-state index >= 15 is 0 Å². The summed E-state index contributed by atoms with van der Waals surface area (Å²) >= 11 is 6.34. The number of carbonyl (C=O) groups excluding carboxylic acids is 2. The number of pyridine rings is 1. The van der Waals surface area contributed by atoms with Gasteiger partial charge in [-0.25, -0.2) is 9.67 Å². The van der Waals surface area contributed by atoms with Crippen LogP contribution in [0.25, 0.3) is 11.0 Å². The standard InChI is InChI=1S/C26H32ClN5O2/c1-15(2)23-13-19(21-14-28-32(16(3)4)24(21)31-23)25(33)30-18-10-11-22(27)20(12-18)26(34)29-17-8-6-5-7-9-17/h10-17H,5-9H2,1-4H3,(H,29,34)(H,30,33). The maximum Gasteiger partial charge on any atom is 0.256 e. The molecule has 180 valence electrons. The Hall–Kier alpha value is -2.93. The van der Waals surface area contributed by atoms with Crippen molar-refractivity contribution in [1.82, 2.24) is 20.1 Å². The Bertz CT molecular complexity index is 1210. The summed E-state index contributed by atoms with van der Waals surface area (Å²) in [4.78, 5) is 31.0. The van der Waals surface area contributed by atoms with Gasteiger partial charge in [-0.3, -0.25) is 9.59 Å². The Morgan fingerprint density at radius 2 is 1.76 bits per heavy atom. The second kappa shape index (κ2) is 10.1. The van der Waals surface area contributed by atoms with Crippen molar-refractivity contribution in [2.45, 2.75) is 77.8 Å². The molecule has 0 bridgehead atoms. The van der Waals surface area contributed by atoms with Gasteiger partial charge in [0.05, 0.1) is 27.7 Å². The van der Waals surface area contributed by atoms with Gasteiger partial charge in [0.2, 0.25) is 0 Å². The highest BCUT2D eigenvalue weighted by atomic mass is 35.5. The van der Waals surface area contributed by atoms with Gasteiger partial charge >= 0.3 is 0 Å². The van der Waals surface area contributed by atoms with E-state index in [0.29, 0.717) is 32.9 Å². The molecule has 8 heteroatoms. The number of anilines is 1. The first kappa shape index (κ1) is 24.2.